The third-order valence-corrected chi connectivity index (χ3v) is 5.61. The standard InChI is InChI=1S/C14H22N2O2S2/c1-4-11(3)16(5-2)20(17,18)10-12-6-8-13(9-7-12)14(15)19/h6-9,11H,4-5,10H2,1-3H3,(H2,15,19). The quantitative estimate of drug-likeness (QED) is 0.784. The lowest BCUT2D eigenvalue weighted by Gasteiger charge is -2.26. The van der Waals surface area contributed by atoms with Gasteiger partial charge < -0.3 is 5.73 Å². The highest BCUT2D eigenvalue weighted by molar-refractivity contribution is 7.88. The van der Waals surface area contributed by atoms with Crippen LogP contribution in [0.5, 0.6) is 0 Å². The number of nitrogens with two attached hydrogens (primary N) is 1. The van der Waals surface area contributed by atoms with E-state index in [0.29, 0.717) is 11.5 Å². The first-order valence-electron chi connectivity index (χ1n) is 6.70. The van der Waals surface area contributed by atoms with Crippen molar-refractivity contribution >= 4 is 27.2 Å². The normalized spacial score (nSPS) is 13.4. The first kappa shape index (κ1) is 17.1. The van der Waals surface area contributed by atoms with Gasteiger partial charge in [0, 0.05) is 18.2 Å². The molecule has 0 aromatic heterocycles. The van der Waals surface area contributed by atoms with Crippen molar-refractivity contribution in [1.82, 2.24) is 4.31 Å². The first-order valence-corrected chi connectivity index (χ1v) is 8.71. The maximum atomic E-state index is 12.4. The Hall–Kier alpha value is -0.980. The molecule has 0 aliphatic carbocycles. The Kier molecular flexibility index (Phi) is 6.10. The molecule has 0 aliphatic rings. The molecule has 1 rings (SSSR count). The highest BCUT2D eigenvalue weighted by atomic mass is 32.2. The van der Waals surface area contributed by atoms with Gasteiger partial charge >= 0.3 is 0 Å². The van der Waals surface area contributed by atoms with Crippen LogP contribution >= 0.6 is 12.2 Å². The van der Waals surface area contributed by atoms with E-state index < -0.39 is 10.0 Å². The third kappa shape index (κ3) is 4.26. The lowest BCUT2D eigenvalue weighted by Crippen LogP contribution is -2.38. The molecule has 4 nitrogen and oxygen atoms in total. The van der Waals surface area contributed by atoms with Crippen molar-refractivity contribution in [3.05, 3.63) is 35.4 Å². The van der Waals surface area contributed by atoms with Crippen molar-refractivity contribution in [1.29, 1.82) is 0 Å². The SMILES string of the molecule is CCC(C)N(CC)S(=O)(=O)Cc1ccc(C(N)=S)cc1. The predicted molar refractivity (Wildman–Crippen MR) is 87.1 cm³/mol. The molecule has 112 valence electrons. The maximum absolute atomic E-state index is 12.4. The van der Waals surface area contributed by atoms with Crippen LogP contribution in [-0.4, -0.2) is 30.3 Å². The van der Waals surface area contributed by atoms with Gasteiger partial charge in [-0.25, -0.2) is 8.42 Å². The minimum absolute atomic E-state index is 0.00277. The molecular weight excluding hydrogens is 292 g/mol. The Morgan fingerprint density at radius 3 is 2.25 bits per heavy atom. The van der Waals surface area contributed by atoms with Crippen molar-refractivity contribution in [2.24, 2.45) is 5.73 Å². The summed E-state index contributed by atoms with van der Waals surface area (Å²) in [5.74, 6) is 0.00277. The molecule has 1 aromatic rings. The van der Waals surface area contributed by atoms with Crippen LogP contribution in [0.1, 0.15) is 38.3 Å². The van der Waals surface area contributed by atoms with Gasteiger partial charge in [-0.1, -0.05) is 50.3 Å². The molecule has 0 heterocycles. The molecule has 1 aromatic carbocycles. The van der Waals surface area contributed by atoms with E-state index in [9.17, 15) is 8.42 Å². The Morgan fingerprint density at radius 1 is 1.30 bits per heavy atom. The van der Waals surface area contributed by atoms with E-state index in [1.165, 1.54) is 0 Å². The zero-order valence-corrected chi connectivity index (χ0v) is 13.8. The lowest BCUT2D eigenvalue weighted by molar-refractivity contribution is 0.342. The molecule has 0 fully saturated rings. The van der Waals surface area contributed by atoms with E-state index in [1.54, 1.807) is 28.6 Å². The zero-order valence-electron chi connectivity index (χ0n) is 12.2. The van der Waals surface area contributed by atoms with E-state index in [0.717, 1.165) is 17.5 Å². The molecule has 0 saturated carbocycles. The van der Waals surface area contributed by atoms with E-state index in [1.807, 2.05) is 20.8 Å². The average molecular weight is 314 g/mol. The zero-order chi connectivity index (χ0) is 15.3. The van der Waals surface area contributed by atoms with Gasteiger partial charge in [-0.2, -0.15) is 4.31 Å². The largest absolute Gasteiger partial charge is 0.389 e. The van der Waals surface area contributed by atoms with Gasteiger partial charge in [0.1, 0.15) is 4.99 Å². The smallest absolute Gasteiger partial charge is 0.218 e. The van der Waals surface area contributed by atoms with Crippen LogP contribution in [0, 0.1) is 0 Å². The van der Waals surface area contributed by atoms with Crippen molar-refractivity contribution < 1.29 is 8.42 Å². The summed E-state index contributed by atoms with van der Waals surface area (Å²) in [7, 11) is -3.30. The molecule has 1 atom stereocenters. The second kappa shape index (κ2) is 7.15. The molecule has 0 spiro atoms. The van der Waals surface area contributed by atoms with Crippen molar-refractivity contribution in [2.75, 3.05) is 6.54 Å². The van der Waals surface area contributed by atoms with E-state index in [4.69, 9.17) is 18.0 Å². The Labute approximate surface area is 127 Å². The summed E-state index contributed by atoms with van der Waals surface area (Å²) in [4.78, 5) is 0.314. The highest BCUT2D eigenvalue weighted by Gasteiger charge is 2.24. The average Bonchev–Trinajstić information content (AvgIpc) is 2.38. The van der Waals surface area contributed by atoms with Crippen LogP contribution in [0.2, 0.25) is 0 Å². The summed E-state index contributed by atoms with van der Waals surface area (Å²) in [5.41, 5.74) is 7.01. The van der Waals surface area contributed by atoms with E-state index in [2.05, 4.69) is 0 Å². The second-order valence-electron chi connectivity index (χ2n) is 4.78. The Morgan fingerprint density at radius 2 is 1.85 bits per heavy atom. The number of rotatable bonds is 7. The minimum atomic E-state index is -3.30. The Bertz CT molecular complexity index is 553. The fraction of sp³-hybridized carbons (Fsp3) is 0.500. The maximum Gasteiger partial charge on any atom is 0.218 e. The summed E-state index contributed by atoms with van der Waals surface area (Å²) >= 11 is 4.88. The van der Waals surface area contributed by atoms with Crippen LogP contribution in [0.25, 0.3) is 0 Å². The Balaban J connectivity index is 2.92. The van der Waals surface area contributed by atoms with Gasteiger partial charge in [-0.3, -0.25) is 0 Å². The predicted octanol–water partition coefficient (Wildman–Crippen LogP) is 2.27. The molecule has 0 aliphatic heterocycles. The molecule has 0 bridgehead atoms. The molecule has 20 heavy (non-hydrogen) atoms. The number of benzene rings is 1. The van der Waals surface area contributed by atoms with Gasteiger partial charge in [0.2, 0.25) is 10.0 Å². The first-order chi connectivity index (χ1) is 9.31. The van der Waals surface area contributed by atoms with Gasteiger partial charge in [0.25, 0.3) is 0 Å². The molecular formula is C14H22N2O2S2. The third-order valence-electron chi connectivity index (χ3n) is 3.34. The van der Waals surface area contributed by atoms with Crippen LogP contribution < -0.4 is 5.73 Å². The topological polar surface area (TPSA) is 63.4 Å². The molecule has 2 N–H and O–H groups in total. The highest BCUT2D eigenvalue weighted by Crippen LogP contribution is 2.16. The van der Waals surface area contributed by atoms with Crippen LogP contribution in [0.3, 0.4) is 0 Å². The molecule has 0 amide bonds. The van der Waals surface area contributed by atoms with Gasteiger partial charge in [0.05, 0.1) is 5.75 Å². The second-order valence-corrected chi connectivity index (χ2v) is 7.14. The van der Waals surface area contributed by atoms with Crippen molar-refractivity contribution in [2.45, 2.75) is 39.0 Å². The van der Waals surface area contributed by atoms with Crippen molar-refractivity contribution in [3.8, 4) is 0 Å². The number of hydrogen-bond donors (Lipinski definition) is 1. The number of thiocarbonyl (C=S) groups is 1. The van der Waals surface area contributed by atoms with Crippen LogP contribution in [0.15, 0.2) is 24.3 Å². The number of nitrogens with zero attached hydrogens (tertiary/aromatic N) is 1. The monoisotopic (exact) mass is 314 g/mol. The number of sulfonamides is 1. The fourth-order valence-corrected chi connectivity index (χ4v) is 4.05. The molecule has 0 saturated heterocycles. The summed E-state index contributed by atoms with van der Waals surface area (Å²) < 4.78 is 26.4. The minimum Gasteiger partial charge on any atom is -0.389 e. The van der Waals surface area contributed by atoms with Gasteiger partial charge in [-0.05, 0) is 18.9 Å². The molecule has 1 unspecified atom stereocenters. The van der Waals surface area contributed by atoms with Crippen LogP contribution in [0.4, 0.5) is 0 Å². The molecule has 0 radical (unpaired) electrons. The summed E-state index contributed by atoms with van der Waals surface area (Å²) in [6, 6.07) is 7.05. The lowest BCUT2D eigenvalue weighted by atomic mass is 10.1. The van der Waals surface area contributed by atoms with Gasteiger partial charge in [-0.15, -0.1) is 0 Å². The summed E-state index contributed by atoms with van der Waals surface area (Å²) in [5, 5.41) is 0. The summed E-state index contributed by atoms with van der Waals surface area (Å²) in [6.45, 7) is 6.26. The molecule has 6 heteroatoms. The van der Waals surface area contributed by atoms with Crippen molar-refractivity contribution in [3.63, 3.8) is 0 Å². The van der Waals surface area contributed by atoms with Gasteiger partial charge in [0.15, 0.2) is 0 Å². The summed E-state index contributed by atoms with van der Waals surface area (Å²) in [6.07, 6.45) is 0.799. The van der Waals surface area contributed by atoms with E-state index >= 15 is 0 Å². The van der Waals surface area contributed by atoms with E-state index in [-0.39, 0.29) is 11.8 Å². The number of hydrogen-bond acceptors (Lipinski definition) is 3. The van der Waals surface area contributed by atoms with Crippen LogP contribution in [-0.2, 0) is 15.8 Å². The fourth-order valence-electron chi connectivity index (χ4n) is 2.04.